The average Bonchev–Trinajstić information content (AvgIpc) is 3.18. The number of pyridine rings is 1. The standard InChI is InChI=1S/C16H19N3O2/c1-12(20)14-6-9-19(11-14)16(21)13-4-5-15(17-10-13)18-7-2-3-8-18/h2-5,7-8,10,12,14,20H,6,9,11H2,1H3. The van der Waals surface area contributed by atoms with Crippen molar-refractivity contribution in [2.24, 2.45) is 5.92 Å². The molecule has 5 nitrogen and oxygen atoms in total. The first-order chi connectivity index (χ1) is 10.1. The Hall–Kier alpha value is -2.14. The zero-order valence-electron chi connectivity index (χ0n) is 12.0. The van der Waals surface area contributed by atoms with Crippen LogP contribution in [0.4, 0.5) is 0 Å². The van der Waals surface area contributed by atoms with Gasteiger partial charge in [-0.25, -0.2) is 4.98 Å². The van der Waals surface area contributed by atoms with E-state index in [1.807, 2.05) is 35.2 Å². The molecule has 0 bridgehead atoms. The van der Waals surface area contributed by atoms with Crippen LogP contribution in [0.3, 0.4) is 0 Å². The van der Waals surface area contributed by atoms with E-state index in [0.29, 0.717) is 18.7 Å². The number of aromatic nitrogens is 2. The van der Waals surface area contributed by atoms with E-state index in [1.54, 1.807) is 24.1 Å². The van der Waals surface area contributed by atoms with Gasteiger partial charge in [0, 0.05) is 37.6 Å². The Balaban J connectivity index is 1.71. The van der Waals surface area contributed by atoms with Crippen LogP contribution >= 0.6 is 0 Å². The number of rotatable bonds is 3. The second-order valence-corrected chi connectivity index (χ2v) is 5.54. The molecule has 0 aromatic carbocycles. The van der Waals surface area contributed by atoms with E-state index in [9.17, 15) is 9.90 Å². The van der Waals surface area contributed by atoms with Crippen molar-refractivity contribution in [1.29, 1.82) is 0 Å². The molecule has 1 amide bonds. The molecule has 0 radical (unpaired) electrons. The maximum absolute atomic E-state index is 12.4. The molecule has 0 aliphatic carbocycles. The summed E-state index contributed by atoms with van der Waals surface area (Å²) in [7, 11) is 0. The van der Waals surface area contributed by atoms with E-state index < -0.39 is 0 Å². The highest BCUT2D eigenvalue weighted by Crippen LogP contribution is 2.21. The minimum Gasteiger partial charge on any atom is -0.393 e. The van der Waals surface area contributed by atoms with Crippen LogP contribution in [-0.2, 0) is 0 Å². The van der Waals surface area contributed by atoms with Gasteiger partial charge in [-0.3, -0.25) is 4.79 Å². The maximum Gasteiger partial charge on any atom is 0.255 e. The molecule has 2 aromatic heterocycles. The summed E-state index contributed by atoms with van der Waals surface area (Å²) in [6.45, 7) is 3.11. The summed E-state index contributed by atoms with van der Waals surface area (Å²) in [4.78, 5) is 18.5. The monoisotopic (exact) mass is 285 g/mol. The van der Waals surface area contributed by atoms with Crippen molar-refractivity contribution in [3.05, 3.63) is 48.4 Å². The van der Waals surface area contributed by atoms with E-state index >= 15 is 0 Å². The number of hydrogen-bond acceptors (Lipinski definition) is 3. The van der Waals surface area contributed by atoms with Gasteiger partial charge in [0.25, 0.3) is 5.91 Å². The van der Waals surface area contributed by atoms with Crippen molar-refractivity contribution in [2.45, 2.75) is 19.4 Å². The van der Waals surface area contributed by atoms with Crippen molar-refractivity contribution in [2.75, 3.05) is 13.1 Å². The zero-order chi connectivity index (χ0) is 14.8. The second-order valence-electron chi connectivity index (χ2n) is 5.54. The van der Waals surface area contributed by atoms with Gasteiger partial charge in [-0.15, -0.1) is 0 Å². The Labute approximate surface area is 123 Å². The fourth-order valence-electron chi connectivity index (χ4n) is 2.70. The van der Waals surface area contributed by atoms with Crippen molar-refractivity contribution in [1.82, 2.24) is 14.5 Å². The molecule has 110 valence electrons. The number of aliphatic hydroxyl groups excluding tert-OH is 1. The van der Waals surface area contributed by atoms with Gasteiger partial charge in [0.1, 0.15) is 5.82 Å². The third kappa shape index (κ3) is 2.83. The van der Waals surface area contributed by atoms with Crippen LogP contribution in [-0.4, -0.2) is 44.7 Å². The summed E-state index contributed by atoms with van der Waals surface area (Å²) >= 11 is 0. The highest BCUT2D eigenvalue weighted by molar-refractivity contribution is 5.94. The van der Waals surface area contributed by atoms with Crippen LogP contribution in [0.5, 0.6) is 0 Å². The number of hydrogen-bond donors (Lipinski definition) is 1. The number of likely N-dealkylation sites (tertiary alicyclic amines) is 1. The van der Waals surface area contributed by atoms with Gasteiger partial charge in [-0.1, -0.05) is 0 Å². The molecule has 1 N–H and O–H groups in total. The quantitative estimate of drug-likeness (QED) is 0.934. The van der Waals surface area contributed by atoms with Gasteiger partial charge in [0.15, 0.2) is 0 Å². The number of amides is 1. The molecule has 1 fully saturated rings. The van der Waals surface area contributed by atoms with E-state index in [-0.39, 0.29) is 17.9 Å². The summed E-state index contributed by atoms with van der Waals surface area (Å²) < 4.78 is 1.90. The van der Waals surface area contributed by atoms with E-state index in [1.165, 1.54) is 0 Å². The van der Waals surface area contributed by atoms with Crippen LogP contribution in [0.1, 0.15) is 23.7 Å². The highest BCUT2D eigenvalue weighted by Gasteiger charge is 2.29. The summed E-state index contributed by atoms with van der Waals surface area (Å²) in [5.41, 5.74) is 0.595. The lowest BCUT2D eigenvalue weighted by atomic mass is 10.0. The summed E-state index contributed by atoms with van der Waals surface area (Å²) in [6, 6.07) is 7.51. The molecule has 21 heavy (non-hydrogen) atoms. The molecular formula is C16H19N3O2. The molecular weight excluding hydrogens is 266 g/mol. The predicted octanol–water partition coefficient (Wildman–Crippen LogP) is 1.72. The van der Waals surface area contributed by atoms with Crippen molar-refractivity contribution in [3.8, 4) is 5.82 Å². The lowest BCUT2D eigenvalue weighted by Gasteiger charge is -2.17. The topological polar surface area (TPSA) is 58.4 Å². The van der Waals surface area contributed by atoms with E-state index in [0.717, 1.165) is 12.2 Å². The van der Waals surface area contributed by atoms with Crippen LogP contribution in [0, 0.1) is 5.92 Å². The zero-order valence-corrected chi connectivity index (χ0v) is 12.0. The molecule has 0 spiro atoms. The fraction of sp³-hybridized carbons (Fsp3) is 0.375. The van der Waals surface area contributed by atoms with Crippen LogP contribution in [0.2, 0.25) is 0 Å². The molecule has 2 atom stereocenters. The normalized spacial score (nSPS) is 19.7. The largest absolute Gasteiger partial charge is 0.393 e. The third-order valence-electron chi connectivity index (χ3n) is 4.06. The number of aliphatic hydroxyl groups is 1. The first kappa shape index (κ1) is 13.8. The van der Waals surface area contributed by atoms with Gasteiger partial charge >= 0.3 is 0 Å². The number of nitrogens with zero attached hydrogens (tertiary/aromatic N) is 3. The first-order valence-electron chi connectivity index (χ1n) is 7.22. The lowest BCUT2D eigenvalue weighted by molar-refractivity contribution is 0.0762. The van der Waals surface area contributed by atoms with Gasteiger partial charge < -0.3 is 14.6 Å². The predicted molar refractivity (Wildman–Crippen MR) is 79.3 cm³/mol. The number of carbonyl (C=O) groups excluding carboxylic acids is 1. The van der Waals surface area contributed by atoms with Crippen molar-refractivity contribution < 1.29 is 9.90 Å². The Morgan fingerprint density at radius 3 is 2.71 bits per heavy atom. The number of carbonyl (C=O) groups is 1. The molecule has 2 unspecified atom stereocenters. The van der Waals surface area contributed by atoms with Crippen LogP contribution in [0.25, 0.3) is 5.82 Å². The van der Waals surface area contributed by atoms with Crippen molar-refractivity contribution >= 4 is 5.91 Å². The second kappa shape index (κ2) is 5.69. The molecule has 0 saturated carbocycles. The van der Waals surface area contributed by atoms with Crippen LogP contribution < -0.4 is 0 Å². The summed E-state index contributed by atoms with van der Waals surface area (Å²) in [5.74, 6) is 0.964. The Kier molecular flexibility index (Phi) is 3.75. The van der Waals surface area contributed by atoms with E-state index in [2.05, 4.69) is 4.98 Å². The van der Waals surface area contributed by atoms with Gasteiger partial charge in [-0.05, 0) is 37.6 Å². The summed E-state index contributed by atoms with van der Waals surface area (Å²) in [6.07, 6.45) is 5.94. The Bertz CT molecular complexity index is 605. The molecule has 3 rings (SSSR count). The van der Waals surface area contributed by atoms with Gasteiger partial charge in [-0.2, -0.15) is 0 Å². The maximum atomic E-state index is 12.4. The molecule has 5 heteroatoms. The SMILES string of the molecule is CC(O)C1CCN(C(=O)c2ccc(-n3cccc3)nc2)C1. The molecule has 2 aromatic rings. The highest BCUT2D eigenvalue weighted by atomic mass is 16.3. The summed E-state index contributed by atoms with van der Waals surface area (Å²) in [5, 5.41) is 9.61. The average molecular weight is 285 g/mol. The smallest absolute Gasteiger partial charge is 0.255 e. The molecule has 1 saturated heterocycles. The van der Waals surface area contributed by atoms with Crippen LogP contribution in [0.15, 0.2) is 42.9 Å². The first-order valence-corrected chi connectivity index (χ1v) is 7.22. The Morgan fingerprint density at radius 2 is 2.14 bits per heavy atom. The Morgan fingerprint density at radius 1 is 1.38 bits per heavy atom. The molecule has 1 aliphatic rings. The van der Waals surface area contributed by atoms with Gasteiger partial charge in [0.2, 0.25) is 0 Å². The minimum atomic E-state index is -0.364. The van der Waals surface area contributed by atoms with Crippen molar-refractivity contribution in [3.63, 3.8) is 0 Å². The molecule has 1 aliphatic heterocycles. The molecule has 3 heterocycles. The van der Waals surface area contributed by atoms with E-state index in [4.69, 9.17) is 0 Å². The van der Waals surface area contributed by atoms with Gasteiger partial charge in [0.05, 0.1) is 11.7 Å². The minimum absolute atomic E-state index is 0.00953. The fourth-order valence-corrected chi connectivity index (χ4v) is 2.70. The third-order valence-corrected chi connectivity index (χ3v) is 4.06. The lowest BCUT2D eigenvalue weighted by Crippen LogP contribution is -2.30.